The first-order valence-electron chi connectivity index (χ1n) is 9.27. The van der Waals surface area contributed by atoms with E-state index < -0.39 is 0 Å². The highest BCUT2D eigenvalue weighted by Crippen LogP contribution is 2.40. The lowest BCUT2D eigenvalue weighted by molar-refractivity contribution is 0.102. The van der Waals surface area contributed by atoms with Crippen molar-refractivity contribution in [1.29, 1.82) is 0 Å². The Kier molecular flexibility index (Phi) is 6.07. The van der Waals surface area contributed by atoms with Crippen LogP contribution in [0.2, 0.25) is 0 Å². The first-order valence-corrected chi connectivity index (χ1v) is 9.27. The minimum atomic E-state index is -0.255. The monoisotopic (exact) mass is 395 g/mol. The zero-order chi connectivity index (χ0) is 21.0. The Balaban J connectivity index is 1.93. The molecule has 152 valence electrons. The molecule has 0 saturated carbocycles. The first-order chi connectivity index (χ1) is 14.0. The third-order valence-electron chi connectivity index (χ3n) is 4.65. The normalized spacial score (nSPS) is 10.5. The Hall–Kier alpha value is -3.48. The topological polar surface area (TPSA) is 74.6 Å². The molecule has 2 aromatic carbocycles. The molecule has 3 aromatic rings. The maximum absolute atomic E-state index is 13.0. The average molecular weight is 395 g/mol. The van der Waals surface area contributed by atoms with Gasteiger partial charge in [0, 0.05) is 17.8 Å². The van der Waals surface area contributed by atoms with Crippen LogP contribution in [0, 0.1) is 6.92 Å². The molecule has 7 heteroatoms. The highest BCUT2D eigenvalue weighted by Gasteiger charge is 2.19. The van der Waals surface area contributed by atoms with E-state index in [0.717, 1.165) is 11.4 Å². The summed E-state index contributed by atoms with van der Waals surface area (Å²) in [6.07, 6.45) is 2.25. The van der Waals surface area contributed by atoms with Crippen LogP contribution in [0.1, 0.15) is 28.5 Å². The molecular weight excluding hydrogens is 370 g/mol. The van der Waals surface area contributed by atoms with Crippen LogP contribution in [0.4, 0.5) is 5.69 Å². The van der Waals surface area contributed by atoms with E-state index in [1.807, 2.05) is 38.1 Å². The number of amides is 1. The Morgan fingerprint density at radius 1 is 1.03 bits per heavy atom. The highest BCUT2D eigenvalue weighted by atomic mass is 16.5. The number of rotatable bonds is 7. The van der Waals surface area contributed by atoms with Crippen molar-refractivity contribution in [3.63, 3.8) is 0 Å². The van der Waals surface area contributed by atoms with Gasteiger partial charge in [-0.05, 0) is 25.5 Å². The molecule has 0 aliphatic heterocycles. The van der Waals surface area contributed by atoms with Gasteiger partial charge in [-0.3, -0.25) is 4.79 Å². The molecule has 0 unspecified atom stereocenters. The number of nitrogens with one attached hydrogen (secondary N) is 1. The molecule has 1 aromatic heterocycles. The van der Waals surface area contributed by atoms with Gasteiger partial charge in [0.2, 0.25) is 5.75 Å². The maximum Gasteiger partial charge on any atom is 0.259 e. The standard InChI is InChI=1S/C22H25N3O4/c1-6-18-17(13-23-25(18)16-9-7-14(2)8-10-16)22(26)24-15-11-19(27-3)21(29-5)20(12-15)28-4/h7-13H,6H2,1-5H3,(H,24,26). The smallest absolute Gasteiger partial charge is 0.259 e. The molecule has 1 amide bonds. The van der Waals surface area contributed by atoms with E-state index in [2.05, 4.69) is 10.4 Å². The summed E-state index contributed by atoms with van der Waals surface area (Å²) in [5.74, 6) is 1.14. The SMILES string of the molecule is CCc1c(C(=O)Nc2cc(OC)c(OC)c(OC)c2)cnn1-c1ccc(C)cc1. The summed E-state index contributed by atoms with van der Waals surface area (Å²) in [6.45, 7) is 4.03. The molecule has 1 N–H and O–H groups in total. The second-order valence-corrected chi connectivity index (χ2v) is 6.47. The van der Waals surface area contributed by atoms with Crippen molar-refractivity contribution >= 4 is 11.6 Å². The van der Waals surface area contributed by atoms with Gasteiger partial charge in [-0.25, -0.2) is 4.68 Å². The lowest BCUT2D eigenvalue weighted by Gasteiger charge is -2.14. The zero-order valence-electron chi connectivity index (χ0n) is 17.3. The maximum atomic E-state index is 13.0. The van der Waals surface area contributed by atoms with Crippen LogP contribution in [0.3, 0.4) is 0 Å². The van der Waals surface area contributed by atoms with Gasteiger partial charge in [0.05, 0.1) is 44.5 Å². The van der Waals surface area contributed by atoms with Crippen molar-refractivity contribution in [1.82, 2.24) is 9.78 Å². The Labute approximate surface area is 170 Å². The summed E-state index contributed by atoms with van der Waals surface area (Å²) in [7, 11) is 4.60. The largest absolute Gasteiger partial charge is 0.493 e. The molecule has 0 atom stereocenters. The van der Waals surface area contributed by atoms with Crippen LogP contribution >= 0.6 is 0 Å². The lowest BCUT2D eigenvalue weighted by atomic mass is 10.1. The van der Waals surface area contributed by atoms with Crippen molar-refractivity contribution in [2.45, 2.75) is 20.3 Å². The number of benzene rings is 2. The molecule has 29 heavy (non-hydrogen) atoms. The number of methoxy groups -OCH3 is 3. The molecule has 0 aliphatic carbocycles. The van der Waals surface area contributed by atoms with Crippen LogP contribution in [0.5, 0.6) is 17.2 Å². The molecule has 0 aliphatic rings. The fourth-order valence-corrected chi connectivity index (χ4v) is 3.16. The number of hydrogen-bond donors (Lipinski definition) is 1. The van der Waals surface area contributed by atoms with Crippen LogP contribution in [-0.2, 0) is 6.42 Å². The lowest BCUT2D eigenvalue weighted by Crippen LogP contribution is -2.14. The van der Waals surface area contributed by atoms with E-state index >= 15 is 0 Å². The molecule has 1 heterocycles. The Morgan fingerprint density at radius 2 is 1.66 bits per heavy atom. The zero-order valence-corrected chi connectivity index (χ0v) is 17.3. The summed E-state index contributed by atoms with van der Waals surface area (Å²) < 4.78 is 17.8. The fourth-order valence-electron chi connectivity index (χ4n) is 3.16. The van der Waals surface area contributed by atoms with E-state index in [1.165, 1.54) is 26.9 Å². The molecule has 0 spiro atoms. The van der Waals surface area contributed by atoms with Crippen LogP contribution in [0.25, 0.3) is 5.69 Å². The first kappa shape index (κ1) is 20.3. The third-order valence-corrected chi connectivity index (χ3v) is 4.65. The third kappa shape index (κ3) is 4.03. The number of carbonyl (C=O) groups excluding carboxylic acids is 1. The predicted molar refractivity (Wildman–Crippen MR) is 112 cm³/mol. The number of aryl methyl sites for hydroxylation is 1. The van der Waals surface area contributed by atoms with Crippen molar-refractivity contribution < 1.29 is 19.0 Å². The van der Waals surface area contributed by atoms with Gasteiger partial charge in [0.25, 0.3) is 5.91 Å². The summed E-state index contributed by atoms with van der Waals surface area (Å²) in [6, 6.07) is 11.4. The number of anilines is 1. The minimum absolute atomic E-state index is 0.255. The Bertz CT molecular complexity index is 984. The average Bonchev–Trinajstić information content (AvgIpc) is 3.17. The quantitative estimate of drug-likeness (QED) is 0.654. The summed E-state index contributed by atoms with van der Waals surface area (Å²) >= 11 is 0. The van der Waals surface area contributed by atoms with Gasteiger partial charge in [-0.2, -0.15) is 5.10 Å². The van der Waals surface area contributed by atoms with Gasteiger partial charge in [0.1, 0.15) is 0 Å². The highest BCUT2D eigenvalue weighted by molar-refractivity contribution is 6.05. The van der Waals surface area contributed by atoms with E-state index in [1.54, 1.807) is 23.0 Å². The predicted octanol–water partition coefficient (Wildman–Crippen LogP) is 4.02. The minimum Gasteiger partial charge on any atom is -0.493 e. The number of ether oxygens (including phenoxy) is 3. The molecular formula is C22H25N3O4. The van der Waals surface area contributed by atoms with Crippen molar-refractivity contribution in [3.8, 4) is 22.9 Å². The van der Waals surface area contributed by atoms with Gasteiger partial charge in [-0.1, -0.05) is 24.6 Å². The molecule has 0 fully saturated rings. The fraction of sp³-hybridized carbons (Fsp3) is 0.273. The van der Waals surface area contributed by atoms with Crippen molar-refractivity contribution in [3.05, 3.63) is 59.4 Å². The van der Waals surface area contributed by atoms with Crippen LogP contribution in [-0.4, -0.2) is 37.0 Å². The van der Waals surface area contributed by atoms with E-state index in [-0.39, 0.29) is 5.91 Å². The van der Waals surface area contributed by atoms with Crippen LogP contribution in [0.15, 0.2) is 42.6 Å². The number of hydrogen-bond acceptors (Lipinski definition) is 5. The van der Waals surface area contributed by atoms with Crippen molar-refractivity contribution in [2.75, 3.05) is 26.6 Å². The summed E-state index contributed by atoms with van der Waals surface area (Å²) in [5.41, 5.74) is 3.97. The number of nitrogens with zero attached hydrogens (tertiary/aromatic N) is 2. The molecule has 7 nitrogen and oxygen atoms in total. The van der Waals surface area contributed by atoms with Gasteiger partial charge >= 0.3 is 0 Å². The molecule has 3 rings (SSSR count). The number of aromatic nitrogens is 2. The summed E-state index contributed by atoms with van der Waals surface area (Å²) in [4.78, 5) is 13.0. The van der Waals surface area contributed by atoms with Gasteiger partial charge in [-0.15, -0.1) is 0 Å². The van der Waals surface area contributed by atoms with Crippen LogP contribution < -0.4 is 19.5 Å². The van der Waals surface area contributed by atoms with Gasteiger partial charge in [0.15, 0.2) is 11.5 Å². The van der Waals surface area contributed by atoms with E-state index in [9.17, 15) is 4.79 Å². The second kappa shape index (κ2) is 8.68. The van der Waals surface area contributed by atoms with E-state index in [0.29, 0.717) is 34.9 Å². The Morgan fingerprint density at radius 3 is 2.17 bits per heavy atom. The summed E-state index contributed by atoms with van der Waals surface area (Å²) in [5, 5.41) is 7.33. The van der Waals surface area contributed by atoms with Crippen molar-refractivity contribution in [2.24, 2.45) is 0 Å². The number of carbonyl (C=O) groups is 1. The van der Waals surface area contributed by atoms with E-state index in [4.69, 9.17) is 14.2 Å². The molecule has 0 saturated heterocycles. The van der Waals surface area contributed by atoms with Gasteiger partial charge < -0.3 is 19.5 Å². The molecule has 0 radical (unpaired) electrons. The second-order valence-electron chi connectivity index (χ2n) is 6.47. The molecule has 0 bridgehead atoms.